The molecule has 0 bridgehead atoms. The van der Waals surface area contributed by atoms with Crippen LogP contribution in [0.3, 0.4) is 0 Å². The minimum Gasteiger partial charge on any atom is -0.498 e. The van der Waals surface area contributed by atoms with Crippen LogP contribution in [0.2, 0.25) is 0 Å². The van der Waals surface area contributed by atoms with Crippen LogP contribution < -0.4 is 5.32 Å². The zero-order valence-corrected chi connectivity index (χ0v) is 10.0. The second-order valence-electron chi connectivity index (χ2n) is 3.26. The number of allylic oxidation sites excluding steroid dienone is 4. The molecule has 15 heavy (non-hydrogen) atoms. The fraction of sp³-hybridized carbons (Fsp3) is 0.583. The Morgan fingerprint density at radius 3 is 2.73 bits per heavy atom. The summed E-state index contributed by atoms with van der Waals surface area (Å²) in [6, 6.07) is 0. The smallest absolute Gasteiger partial charge is 0.0957 e. The average molecular weight is 210 g/mol. The Balaban J connectivity index is 3.95. The summed E-state index contributed by atoms with van der Waals surface area (Å²) in [4.78, 5) is 3.81. The molecule has 0 saturated carbocycles. The molecule has 0 aromatic heterocycles. The van der Waals surface area contributed by atoms with Crippen LogP contribution in [0.4, 0.5) is 0 Å². The Hall–Kier alpha value is -1.09. The van der Waals surface area contributed by atoms with Gasteiger partial charge in [-0.3, -0.25) is 4.99 Å². The molecule has 0 radical (unpaired) electrons. The average Bonchev–Trinajstić information content (AvgIpc) is 2.27. The molecule has 1 N–H and O–H groups in total. The van der Waals surface area contributed by atoms with E-state index in [-0.39, 0.29) is 0 Å². The number of nitrogens with one attached hydrogen (secondary N) is 1. The molecule has 0 heterocycles. The van der Waals surface area contributed by atoms with Crippen LogP contribution in [0.1, 0.15) is 26.7 Å². The number of ether oxygens (including phenoxy) is 1. The first kappa shape index (κ1) is 13.9. The summed E-state index contributed by atoms with van der Waals surface area (Å²) in [7, 11) is 1.94. The van der Waals surface area contributed by atoms with Crippen LogP contribution in [0.15, 0.2) is 28.6 Å². The summed E-state index contributed by atoms with van der Waals surface area (Å²) < 4.78 is 5.60. The molecule has 0 rings (SSSR count). The summed E-state index contributed by atoms with van der Waals surface area (Å²) in [6.07, 6.45) is 5.81. The standard InChI is InChI=1S/C12H22N2O/c1-5-12(8-7-11(2)14-4)15-10-6-9-13-3/h7-8,13H,4-6,9-10H2,1-3H3/b11-7+,12-8+. The van der Waals surface area contributed by atoms with Crippen LogP contribution >= 0.6 is 0 Å². The fourth-order valence-electron chi connectivity index (χ4n) is 0.986. The lowest BCUT2D eigenvalue weighted by molar-refractivity contribution is 0.201. The summed E-state index contributed by atoms with van der Waals surface area (Å²) >= 11 is 0. The van der Waals surface area contributed by atoms with E-state index in [1.54, 1.807) is 0 Å². The van der Waals surface area contributed by atoms with Crippen molar-refractivity contribution in [2.75, 3.05) is 20.2 Å². The molecule has 0 aromatic rings. The van der Waals surface area contributed by atoms with E-state index in [2.05, 4.69) is 24.0 Å². The monoisotopic (exact) mass is 210 g/mol. The topological polar surface area (TPSA) is 33.6 Å². The van der Waals surface area contributed by atoms with E-state index in [9.17, 15) is 0 Å². The van der Waals surface area contributed by atoms with Crippen LogP contribution in [0.25, 0.3) is 0 Å². The molecule has 0 fully saturated rings. The molecule has 3 heteroatoms. The maximum atomic E-state index is 5.60. The van der Waals surface area contributed by atoms with Crippen molar-refractivity contribution in [3.8, 4) is 0 Å². The first-order valence-electron chi connectivity index (χ1n) is 5.36. The highest BCUT2D eigenvalue weighted by atomic mass is 16.5. The number of rotatable bonds is 8. The first-order valence-corrected chi connectivity index (χ1v) is 5.36. The van der Waals surface area contributed by atoms with Gasteiger partial charge in [0.1, 0.15) is 0 Å². The first-order chi connectivity index (χ1) is 7.24. The van der Waals surface area contributed by atoms with Gasteiger partial charge in [0.2, 0.25) is 0 Å². The van der Waals surface area contributed by atoms with Gasteiger partial charge in [-0.05, 0) is 45.8 Å². The molecule has 0 unspecified atom stereocenters. The van der Waals surface area contributed by atoms with Gasteiger partial charge < -0.3 is 10.1 Å². The molecule has 0 atom stereocenters. The van der Waals surface area contributed by atoms with Crippen molar-refractivity contribution < 1.29 is 4.74 Å². The van der Waals surface area contributed by atoms with E-state index in [0.29, 0.717) is 0 Å². The second kappa shape index (κ2) is 9.46. The lowest BCUT2D eigenvalue weighted by Crippen LogP contribution is -2.10. The normalized spacial score (nSPS) is 12.7. The quantitative estimate of drug-likeness (QED) is 0.289. The van der Waals surface area contributed by atoms with Gasteiger partial charge in [-0.2, -0.15) is 0 Å². The summed E-state index contributed by atoms with van der Waals surface area (Å²) in [5, 5.41) is 3.08. The Labute approximate surface area is 92.9 Å². The predicted octanol–water partition coefficient (Wildman–Crippen LogP) is 2.51. The van der Waals surface area contributed by atoms with Gasteiger partial charge in [0, 0.05) is 12.1 Å². The van der Waals surface area contributed by atoms with Crippen LogP contribution in [0, 0.1) is 0 Å². The van der Waals surface area contributed by atoms with Gasteiger partial charge >= 0.3 is 0 Å². The van der Waals surface area contributed by atoms with Crippen molar-refractivity contribution in [3.63, 3.8) is 0 Å². The molecule has 0 aliphatic heterocycles. The lowest BCUT2D eigenvalue weighted by Gasteiger charge is -2.07. The molecular formula is C12H22N2O. The molecular weight excluding hydrogens is 188 g/mol. The Kier molecular flexibility index (Phi) is 8.78. The van der Waals surface area contributed by atoms with Gasteiger partial charge in [-0.15, -0.1) is 0 Å². The van der Waals surface area contributed by atoms with Gasteiger partial charge in [0.25, 0.3) is 0 Å². The minimum absolute atomic E-state index is 0.759. The highest BCUT2D eigenvalue weighted by molar-refractivity contribution is 5.29. The highest BCUT2D eigenvalue weighted by Crippen LogP contribution is 2.05. The van der Waals surface area contributed by atoms with E-state index in [1.807, 2.05) is 26.1 Å². The molecule has 0 saturated heterocycles. The molecule has 3 nitrogen and oxygen atoms in total. The molecule has 0 aliphatic carbocycles. The Bertz CT molecular complexity index is 232. The largest absolute Gasteiger partial charge is 0.498 e. The molecule has 0 aliphatic rings. The predicted molar refractivity (Wildman–Crippen MR) is 66.2 cm³/mol. The maximum Gasteiger partial charge on any atom is 0.0957 e. The maximum absolute atomic E-state index is 5.60. The fourth-order valence-corrected chi connectivity index (χ4v) is 0.986. The molecule has 0 amide bonds. The van der Waals surface area contributed by atoms with Crippen molar-refractivity contribution in [1.82, 2.24) is 5.32 Å². The number of aliphatic imine (C=N–C) groups is 1. The minimum atomic E-state index is 0.759. The van der Waals surface area contributed by atoms with E-state index in [4.69, 9.17) is 4.74 Å². The van der Waals surface area contributed by atoms with E-state index in [1.165, 1.54) is 0 Å². The van der Waals surface area contributed by atoms with Gasteiger partial charge in [-0.1, -0.05) is 6.92 Å². The van der Waals surface area contributed by atoms with Gasteiger partial charge in [0.05, 0.1) is 12.4 Å². The third kappa shape index (κ3) is 7.94. The van der Waals surface area contributed by atoms with Crippen LogP contribution in [0.5, 0.6) is 0 Å². The van der Waals surface area contributed by atoms with E-state index < -0.39 is 0 Å². The Morgan fingerprint density at radius 2 is 2.20 bits per heavy atom. The van der Waals surface area contributed by atoms with E-state index >= 15 is 0 Å². The highest BCUT2D eigenvalue weighted by Gasteiger charge is 1.93. The van der Waals surface area contributed by atoms with E-state index in [0.717, 1.165) is 37.4 Å². The number of hydrogen-bond donors (Lipinski definition) is 1. The number of hydrogen-bond acceptors (Lipinski definition) is 3. The van der Waals surface area contributed by atoms with Crippen molar-refractivity contribution in [3.05, 3.63) is 23.6 Å². The third-order valence-electron chi connectivity index (χ3n) is 1.97. The third-order valence-corrected chi connectivity index (χ3v) is 1.97. The van der Waals surface area contributed by atoms with Crippen molar-refractivity contribution in [1.29, 1.82) is 0 Å². The summed E-state index contributed by atoms with van der Waals surface area (Å²) in [5.74, 6) is 0.995. The van der Waals surface area contributed by atoms with Crippen molar-refractivity contribution in [2.24, 2.45) is 4.99 Å². The zero-order valence-electron chi connectivity index (χ0n) is 10.0. The summed E-state index contributed by atoms with van der Waals surface area (Å²) in [5.41, 5.74) is 0.903. The van der Waals surface area contributed by atoms with Gasteiger partial charge in [-0.25, -0.2) is 0 Å². The zero-order chi connectivity index (χ0) is 11.5. The molecule has 86 valence electrons. The Morgan fingerprint density at radius 1 is 1.47 bits per heavy atom. The molecule has 0 aromatic carbocycles. The van der Waals surface area contributed by atoms with Crippen molar-refractivity contribution >= 4 is 6.72 Å². The lowest BCUT2D eigenvalue weighted by atomic mass is 10.3. The van der Waals surface area contributed by atoms with Crippen LogP contribution in [-0.4, -0.2) is 26.9 Å². The summed E-state index contributed by atoms with van der Waals surface area (Å²) in [6.45, 7) is 9.19. The SMILES string of the molecule is C=N/C(C)=C/C=C(\CC)OCCCNC. The second-order valence-corrected chi connectivity index (χ2v) is 3.26. The van der Waals surface area contributed by atoms with Gasteiger partial charge in [0.15, 0.2) is 0 Å². The van der Waals surface area contributed by atoms with Crippen molar-refractivity contribution in [2.45, 2.75) is 26.7 Å². The van der Waals surface area contributed by atoms with Crippen LogP contribution in [-0.2, 0) is 4.74 Å². The number of nitrogens with zero attached hydrogens (tertiary/aromatic N) is 1. The molecule has 0 spiro atoms.